The lowest BCUT2D eigenvalue weighted by Gasteiger charge is -2.13. The average Bonchev–Trinajstić information content (AvgIpc) is 2.91. The van der Waals surface area contributed by atoms with Gasteiger partial charge in [-0.2, -0.15) is 5.10 Å². The van der Waals surface area contributed by atoms with E-state index in [4.69, 9.17) is 16.4 Å². The first-order chi connectivity index (χ1) is 10.1. The molecule has 10 heteroatoms. The van der Waals surface area contributed by atoms with Crippen molar-refractivity contribution in [2.24, 2.45) is 5.16 Å². The molecule has 1 aliphatic heterocycles. The van der Waals surface area contributed by atoms with Crippen LogP contribution in [0.3, 0.4) is 0 Å². The highest BCUT2D eigenvalue weighted by atomic mass is 35.5. The zero-order valence-corrected chi connectivity index (χ0v) is 13.9. The third-order valence-corrected chi connectivity index (χ3v) is 5.21. The van der Waals surface area contributed by atoms with Gasteiger partial charge in [0.1, 0.15) is 16.4 Å². The number of hydrogen-bond donors (Lipinski definition) is 0. The normalized spacial score (nSPS) is 17.7. The minimum atomic E-state index is -3.90. The average molecular weight is 356 g/mol. The van der Waals surface area contributed by atoms with Crippen LogP contribution < -0.4 is 0 Å². The third kappa shape index (κ3) is 3.24. The van der Waals surface area contributed by atoms with E-state index in [0.717, 1.165) is 4.68 Å². The Morgan fingerprint density at radius 2 is 2.09 bits per heavy atom. The van der Waals surface area contributed by atoms with Gasteiger partial charge in [-0.15, -0.1) is 0 Å². The van der Waals surface area contributed by atoms with Crippen molar-refractivity contribution < 1.29 is 22.0 Å². The van der Waals surface area contributed by atoms with Gasteiger partial charge in [-0.1, -0.05) is 16.8 Å². The number of oxime groups is 1. The molecular formula is C12H16ClF2N3O3S. The first-order valence-corrected chi connectivity index (χ1v) is 8.61. The molecule has 0 amide bonds. The summed E-state index contributed by atoms with van der Waals surface area (Å²) in [7, 11) is -3.90. The summed E-state index contributed by atoms with van der Waals surface area (Å²) in [5.74, 6) is -0.677. The Balaban J connectivity index is 2.36. The summed E-state index contributed by atoms with van der Waals surface area (Å²) in [6, 6.07) is 0. The zero-order chi connectivity index (χ0) is 16.7. The molecule has 0 aliphatic carbocycles. The topological polar surface area (TPSA) is 73.5 Å². The predicted octanol–water partition coefficient (Wildman–Crippen LogP) is 2.92. The van der Waals surface area contributed by atoms with Crippen LogP contribution in [-0.2, 0) is 27.0 Å². The molecule has 22 heavy (non-hydrogen) atoms. The van der Waals surface area contributed by atoms with Gasteiger partial charge in [0.05, 0.1) is 5.75 Å². The van der Waals surface area contributed by atoms with Crippen LogP contribution in [0.5, 0.6) is 0 Å². The van der Waals surface area contributed by atoms with Crippen LogP contribution in [0.15, 0.2) is 5.16 Å². The molecule has 1 aliphatic rings. The summed E-state index contributed by atoms with van der Waals surface area (Å²) >= 11 is 5.97. The molecule has 0 saturated carbocycles. The Morgan fingerprint density at radius 1 is 1.45 bits per heavy atom. The number of hydrogen-bond acceptors (Lipinski definition) is 5. The van der Waals surface area contributed by atoms with Crippen LogP contribution in [0.25, 0.3) is 0 Å². The van der Waals surface area contributed by atoms with Crippen LogP contribution >= 0.6 is 11.6 Å². The summed E-state index contributed by atoms with van der Waals surface area (Å²) in [4.78, 5) is 5.02. The van der Waals surface area contributed by atoms with E-state index in [1.54, 1.807) is 20.8 Å². The standard InChI is InChI=1S/C12H16ClF2N3O3S/c1-4-18-10(13)7(9(16-18)11(14)15)6-22(19,20)8-5-12(2,3)21-17-8/h11H,4-6H2,1-3H3. The lowest BCUT2D eigenvalue weighted by Crippen LogP contribution is -2.23. The molecule has 124 valence electrons. The number of alkyl halides is 2. The number of nitrogens with zero attached hydrogens (tertiary/aromatic N) is 3. The third-order valence-electron chi connectivity index (χ3n) is 3.18. The molecule has 6 nitrogen and oxygen atoms in total. The van der Waals surface area contributed by atoms with Gasteiger partial charge in [0, 0.05) is 18.5 Å². The monoisotopic (exact) mass is 355 g/mol. The minimum Gasteiger partial charge on any atom is -0.389 e. The summed E-state index contributed by atoms with van der Waals surface area (Å²) in [6.07, 6.45) is -2.83. The van der Waals surface area contributed by atoms with Crippen molar-refractivity contribution in [3.8, 4) is 0 Å². The lowest BCUT2D eigenvalue weighted by molar-refractivity contribution is 0.0123. The molecule has 0 saturated heterocycles. The van der Waals surface area contributed by atoms with Crippen molar-refractivity contribution in [2.75, 3.05) is 0 Å². The molecule has 2 rings (SSSR count). The van der Waals surface area contributed by atoms with Crippen molar-refractivity contribution in [3.05, 3.63) is 16.4 Å². The second kappa shape index (κ2) is 5.77. The van der Waals surface area contributed by atoms with Crippen LogP contribution in [0.1, 0.15) is 44.9 Å². The van der Waals surface area contributed by atoms with E-state index < -0.39 is 33.3 Å². The van der Waals surface area contributed by atoms with Gasteiger partial charge >= 0.3 is 0 Å². The SMILES string of the molecule is CCn1nc(C(F)F)c(CS(=O)(=O)C2=NOC(C)(C)C2)c1Cl. The lowest BCUT2D eigenvalue weighted by atomic mass is 10.1. The van der Waals surface area contributed by atoms with Gasteiger partial charge in [0.2, 0.25) is 0 Å². The first kappa shape index (κ1) is 17.1. The van der Waals surface area contributed by atoms with E-state index in [1.165, 1.54) is 0 Å². The van der Waals surface area contributed by atoms with E-state index in [1.807, 2.05) is 0 Å². The second-order valence-corrected chi connectivity index (χ2v) is 7.89. The Labute approximate surface area is 132 Å². The van der Waals surface area contributed by atoms with Gasteiger partial charge in [-0.25, -0.2) is 17.2 Å². The molecule has 0 aromatic carbocycles. The van der Waals surface area contributed by atoms with E-state index in [0.29, 0.717) is 0 Å². The summed E-state index contributed by atoms with van der Waals surface area (Å²) < 4.78 is 52.0. The molecule has 2 heterocycles. The van der Waals surface area contributed by atoms with E-state index in [9.17, 15) is 17.2 Å². The molecule has 0 radical (unpaired) electrons. The number of aromatic nitrogens is 2. The minimum absolute atomic E-state index is 0.0822. The highest BCUT2D eigenvalue weighted by Crippen LogP contribution is 2.32. The van der Waals surface area contributed by atoms with Gasteiger partial charge in [-0.3, -0.25) is 4.68 Å². The fourth-order valence-electron chi connectivity index (χ4n) is 2.06. The number of rotatable bonds is 4. The van der Waals surface area contributed by atoms with Gasteiger partial charge in [0.15, 0.2) is 14.9 Å². The van der Waals surface area contributed by atoms with Gasteiger partial charge < -0.3 is 4.84 Å². The second-order valence-electron chi connectivity index (χ2n) is 5.54. The molecule has 0 atom stereocenters. The van der Waals surface area contributed by atoms with Crippen LogP contribution in [0, 0.1) is 0 Å². The molecule has 0 unspecified atom stereocenters. The van der Waals surface area contributed by atoms with E-state index >= 15 is 0 Å². The fraction of sp³-hybridized carbons (Fsp3) is 0.667. The molecule has 0 bridgehead atoms. The maximum atomic E-state index is 13.0. The number of halogens is 3. The first-order valence-electron chi connectivity index (χ1n) is 6.58. The van der Waals surface area contributed by atoms with E-state index in [-0.39, 0.29) is 28.7 Å². The molecule has 0 fully saturated rings. The highest BCUT2D eigenvalue weighted by molar-refractivity contribution is 8.05. The molecule has 1 aromatic heterocycles. The smallest absolute Gasteiger partial charge is 0.282 e. The van der Waals surface area contributed by atoms with Gasteiger partial charge in [0.25, 0.3) is 6.43 Å². The van der Waals surface area contributed by atoms with Crippen LogP contribution in [0.2, 0.25) is 5.15 Å². The fourth-order valence-corrected chi connectivity index (χ4v) is 4.01. The van der Waals surface area contributed by atoms with Gasteiger partial charge in [-0.05, 0) is 20.8 Å². The quantitative estimate of drug-likeness (QED) is 0.832. The van der Waals surface area contributed by atoms with Crippen LogP contribution in [0.4, 0.5) is 8.78 Å². The number of sulfone groups is 1. The maximum Gasteiger partial charge on any atom is 0.282 e. The summed E-state index contributed by atoms with van der Waals surface area (Å²) in [5.41, 5.74) is -1.54. The summed E-state index contributed by atoms with van der Waals surface area (Å²) in [6.45, 7) is 5.30. The Bertz CT molecular complexity index is 713. The Morgan fingerprint density at radius 3 is 2.55 bits per heavy atom. The number of aryl methyl sites for hydroxylation is 1. The van der Waals surface area contributed by atoms with Crippen molar-refractivity contribution in [1.29, 1.82) is 0 Å². The predicted molar refractivity (Wildman–Crippen MR) is 77.7 cm³/mol. The van der Waals surface area contributed by atoms with Crippen molar-refractivity contribution >= 4 is 26.5 Å². The van der Waals surface area contributed by atoms with Crippen LogP contribution in [-0.4, -0.2) is 28.8 Å². The molecule has 1 aromatic rings. The Kier molecular flexibility index (Phi) is 4.49. The Hall–Kier alpha value is -1.22. The summed E-state index contributed by atoms with van der Waals surface area (Å²) in [5, 5.41) is 6.96. The molecular weight excluding hydrogens is 340 g/mol. The zero-order valence-electron chi connectivity index (χ0n) is 12.3. The van der Waals surface area contributed by atoms with Crippen molar-refractivity contribution in [2.45, 2.75) is 51.5 Å². The highest BCUT2D eigenvalue weighted by Gasteiger charge is 2.37. The van der Waals surface area contributed by atoms with Crippen molar-refractivity contribution in [1.82, 2.24) is 9.78 Å². The molecule has 0 N–H and O–H groups in total. The largest absolute Gasteiger partial charge is 0.389 e. The molecule has 0 spiro atoms. The van der Waals surface area contributed by atoms with Crippen molar-refractivity contribution in [3.63, 3.8) is 0 Å². The maximum absolute atomic E-state index is 13.0. The van der Waals surface area contributed by atoms with E-state index in [2.05, 4.69) is 10.3 Å².